The molecule has 1 saturated heterocycles. The van der Waals surface area contributed by atoms with Gasteiger partial charge in [0, 0.05) is 24.0 Å². The minimum atomic E-state index is -0.0319. The van der Waals surface area contributed by atoms with Crippen LogP contribution in [0, 0.1) is 0 Å². The van der Waals surface area contributed by atoms with Crippen molar-refractivity contribution in [3.63, 3.8) is 0 Å². The average molecular weight is 423 g/mol. The van der Waals surface area contributed by atoms with Gasteiger partial charge in [-0.25, -0.2) is 4.98 Å². The lowest BCUT2D eigenvalue weighted by Gasteiger charge is -2.34. The minimum absolute atomic E-state index is 0.0319. The van der Waals surface area contributed by atoms with Crippen LogP contribution in [0.4, 0.5) is 0 Å². The molecule has 3 heterocycles. The van der Waals surface area contributed by atoms with E-state index in [0.29, 0.717) is 13.2 Å². The summed E-state index contributed by atoms with van der Waals surface area (Å²) in [4.78, 5) is 8.47. The summed E-state index contributed by atoms with van der Waals surface area (Å²) in [6.45, 7) is 5.07. The van der Waals surface area contributed by atoms with Crippen LogP contribution >= 0.6 is 27.3 Å². The minimum Gasteiger partial charge on any atom is -0.492 e. The van der Waals surface area contributed by atoms with Crippen LogP contribution in [0.25, 0.3) is 4.96 Å². The number of hydrogen-bond donors (Lipinski definition) is 1. The number of aryl methyl sites for hydroxylation is 1. The fourth-order valence-electron chi connectivity index (χ4n) is 3.13. The van der Waals surface area contributed by atoms with Crippen LogP contribution in [-0.4, -0.2) is 50.9 Å². The first-order valence-corrected chi connectivity index (χ1v) is 9.93. The van der Waals surface area contributed by atoms with Gasteiger partial charge in [-0.05, 0) is 17.7 Å². The normalized spacial score (nSPS) is 17.2. The Labute approximate surface area is 158 Å². The zero-order chi connectivity index (χ0) is 17.4. The molecule has 3 aromatic rings. The first-order chi connectivity index (χ1) is 12.2. The maximum Gasteiger partial charge on any atom is 0.230 e. The molecular formula is C17H19BrN4O2S. The molecule has 0 unspecified atom stereocenters. The molecule has 1 N–H and O–H groups in total. The molecule has 0 bridgehead atoms. The Balaban J connectivity index is 1.80. The number of ether oxygens (including phenoxy) is 1. The molecule has 0 aliphatic carbocycles. The number of aromatic hydroxyl groups is 1. The zero-order valence-corrected chi connectivity index (χ0v) is 16.3. The van der Waals surface area contributed by atoms with Gasteiger partial charge in [0.05, 0.1) is 24.1 Å². The molecule has 0 saturated carbocycles. The van der Waals surface area contributed by atoms with Crippen LogP contribution < -0.4 is 0 Å². The fourth-order valence-corrected chi connectivity index (χ4v) is 4.53. The van der Waals surface area contributed by atoms with Gasteiger partial charge in [-0.15, -0.1) is 5.10 Å². The molecule has 4 rings (SSSR count). The number of hydrogen-bond acceptors (Lipinski definition) is 6. The second-order valence-corrected chi connectivity index (χ2v) is 7.89. The van der Waals surface area contributed by atoms with Gasteiger partial charge in [0.2, 0.25) is 10.8 Å². The summed E-state index contributed by atoms with van der Waals surface area (Å²) in [5.41, 5.74) is 1.14. The van der Waals surface area contributed by atoms with E-state index in [1.54, 1.807) is 4.52 Å². The van der Waals surface area contributed by atoms with Gasteiger partial charge in [0.1, 0.15) is 0 Å². The van der Waals surface area contributed by atoms with Crippen molar-refractivity contribution in [2.45, 2.75) is 19.4 Å². The summed E-state index contributed by atoms with van der Waals surface area (Å²) in [5, 5.41) is 15.2. The van der Waals surface area contributed by atoms with Gasteiger partial charge in [-0.3, -0.25) is 4.90 Å². The van der Waals surface area contributed by atoms with Crippen molar-refractivity contribution in [1.82, 2.24) is 19.5 Å². The maximum absolute atomic E-state index is 10.8. The van der Waals surface area contributed by atoms with Crippen molar-refractivity contribution < 1.29 is 9.84 Å². The van der Waals surface area contributed by atoms with Gasteiger partial charge < -0.3 is 9.84 Å². The largest absolute Gasteiger partial charge is 0.492 e. The van der Waals surface area contributed by atoms with E-state index in [-0.39, 0.29) is 11.9 Å². The number of aromatic nitrogens is 3. The van der Waals surface area contributed by atoms with E-state index in [0.717, 1.165) is 45.2 Å². The molecule has 0 amide bonds. The molecule has 1 aromatic carbocycles. The molecule has 1 aliphatic rings. The number of rotatable bonds is 4. The number of benzene rings is 1. The van der Waals surface area contributed by atoms with Crippen molar-refractivity contribution in [2.24, 2.45) is 0 Å². The number of thiazole rings is 1. The van der Waals surface area contributed by atoms with E-state index in [1.165, 1.54) is 11.3 Å². The third-order valence-corrected chi connectivity index (χ3v) is 6.01. The lowest BCUT2D eigenvalue weighted by atomic mass is 10.0. The van der Waals surface area contributed by atoms with E-state index in [1.807, 2.05) is 19.1 Å². The zero-order valence-electron chi connectivity index (χ0n) is 13.9. The standard InChI is InChI=1S/C17H19BrN4O2S/c1-2-13-19-17-22(20-13)16(23)15(25-17)14(21-7-9-24-10-8-21)11-3-5-12(18)6-4-11/h3-6,14,23H,2,7-10H2,1H3/t14-/m1/s1. The molecule has 1 aliphatic heterocycles. The Morgan fingerprint density at radius 1 is 1.28 bits per heavy atom. The molecule has 8 heteroatoms. The topological polar surface area (TPSA) is 62.9 Å². The predicted molar refractivity (Wildman–Crippen MR) is 100 cm³/mol. The third kappa shape index (κ3) is 3.19. The van der Waals surface area contributed by atoms with Crippen LogP contribution in [0.3, 0.4) is 0 Å². The van der Waals surface area contributed by atoms with Gasteiger partial charge in [0.15, 0.2) is 5.82 Å². The summed E-state index contributed by atoms with van der Waals surface area (Å²) >= 11 is 5.00. The van der Waals surface area contributed by atoms with Gasteiger partial charge in [-0.1, -0.05) is 46.3 Å². The molecule has 6 nitrogen and oxygen atoms in total. The van der Waals surface area contributed by atoms with Crippen molar-refractivity contribution in [2.75, 3.05) is 26.3 Å². The van der Waals surface area contributed by atoms with Crippen LogP contribution in [0.15, 0.2) is 28.7 Å². The van der Waals surface area contributed by atoms with Crippen LogP contribution in [0.2, 0.25) is 0 Å². The molecule has 132 valence electrons. The Hall–Kier alpha value is -1.48. The maximum atomic E-state index is 10.8. The van der Waals surface area contributed by atoms with E-state index >= 15 is 0 Å². The molecule has 1 fully saturated rings. The van der Waals surface area contributed by atoms with E-state index in [2.05, 4.69) is 43.0 Å². The highest BCUT2D eigenvalue weighted by Gasteiger charge is 2.30. The summed E-state index contributed by atoms with van der Waals surface area (Å²) in [7, 11) is 0. The van der Waals surface area contributed by atoms with E-state index in [9.17, 15) is 5.11 Å². The lowest BCUT2D eigenvalue weighted by Crippen LogP contribution is -2.39. The summed E-state index contributed by atoms with van der Waals surface area (Å²) in [6.07, 6.45) is 0.753. The highest BCUT2D eigenvalue weighted by Crippen LogP contribution is 2.40. The predicted octanol–water partition coefficient (Wildman–Crippen LogP) is 3.24. The molecule has 25 heavy (non-hydrogen) atoms. The van der Waals surface area contributed by atoms with Crippen molar-refractivity contribution in [3.05, 3.63) is 45.0 Å². The number of nitrogens with zero attached hydrogens (tertiary/aromatic N) is 4. The smallest absolute Gasteiger partial charge is 0.230 e. The highest BCUT2D eigenvalue weighted by atomic mass is 79.9. The Morgan fingerprint density at radius 3 is 2.64 bits per heavy atom. The Kier molecular flexibility index (Phi) is 4.77. The molecule has 0 radical (unpaired) electrons. The van der Waals surface area contributed by atoms with E-state index < -0.39 is 0 Å². The van der Waals surface area contributed by atoms with Crippen LogP contribution in [-0.2, 0) is 11.2 Å². The van der Waals surface area contributed by atoms with Crippen molar-refractivity contribution in [3.8, 4) is 5.88 Å². The Morgan fingerprint density at radius 2 is 2.00 bits per heavy atom. The molecule has 0 spiro atoms. The highest BCUT2D eigenvalue weighted by molar-refractivity contribution is 9.10. The SMILES string of the molecule is CCc1nc2sc([C@@H](c3ccc(Br)cc3)N3CCOCC3)c(O)n2n1. The summed E-state index contributed by atoms with van der Waals surface area (Å²) in [6, 6.07) is 8.22. The lowest BCUT2D eigenvalue weighted by molar-refractivity contribution is 0.0241. The van der Waals surface area contributed by atoms with Crippen molar-refractivity contribution in [1.29, 1.82) is 0 Å². The first kappa shape index (κ1) is 17.0. The van der Waals surface area contributed by atoms with Gasteiger partial charge >= 0.3 is 0 Å². The quantitative estimate of drug-likeness (QED) is 0.698. The van der Waals surface area contributed by atoms with Crippen LogP contribution in [0.1, 0.15) is 29.2 Å². The second-order valence-electron chi connectivity index (χ2n) is 5.97. The fraction of sp³-hybridized carbons (Fsp3) is 0.412. The molecular weight excluding hydrogens is 404 g/mol. The van der Waals surface area contributed by atoms with Gasteiger partial charge in [0.25, 0.3) is 0 Å². The number of halogens is 1. The second kappa shape index (κ2) is 7.03. The Bertz CT molecular complexity index is 871. The molecule has 1 atom stereocenters. The third-order valence-electron chi connectivity index (χ3n) is 4.40. The summed E-state index contributed by atoms with van der Waals surface area (Å²) < 4.78 is 8.11. The first-order valence-electron chi connectivity index (χ1n) is 8.32. The monoisotopic (exact) mass is 422 g/mol. The van der Waals surface area contributed by atoms with Gasteiger partial charge in [-0.2, -0.15) is 4.52 Å². The molecule has 2 aromatic heterocycles. The van der Waals surface area contributed by atoms with E-state index in [4.69, 9.17) is 4.74 Å². The summed E-state index contributed by atoms with van der Waals surface area (Å²) in [5.74, 6) is 0.936. The van der Waals surface area contributed by atoms with Crippen molar-refractivity contribution >= 4 is 32.2 Å². The number of fused-ring (bicyclic) bond motifs is 1. The number of morpholine rings is 1. The average Bonchev–Trinajstić information content (AvgIpc) is 3.18. The van der Waals surface area contributed by atoms with Crippen LogP contribution in [0.5, 0.6) is 5.88 Å².